The highest BCUT2D eigenvalue weighted by Gasteiger charge is 2.42. The minimum Gasteiger partial charge on any atom is -0.338 e. The Balaban J connectivity index is 1.84. The average Bonchev–Trinajstić information content (AvgIpc) is 2.85. The summed E-state index contributed by atoms with van der Waals surface area (Å²) in [6.45, 7) is 0. The molecule has 1 aliphatic rings. The van der Waals surface area contributed by atoms with Gasteiger partial charge in [-0.25, -0.2) is 4.98 Å². The monoisotopic (exact) mass is 295 g/mol. The summed E-state index contributed by atoms with van der Waals surface area (Å²) in [7, 11) is 1.74. The number of pyridine rings is 1. The molecule has 22 heavy (non-hydrogen) atoms. The van der Waals surface area contributed by atoms with Gasteiger partial charge in [0.15, 0.2) is 0 Å². The zero-order chi connectivity index (χ0) is 15.5. The van der Waals surface area contributed by atoms with Crippen molar-refractivity contribution in [1.82, 2.24) is 9.88 Å². The molecule has 1 aliphatic heterocycles. The summed E-state index contributed by atoms with van der Waals surface area (Å²) in [5.74, 6) is -0.108. The smallest absolute Gasteiger partial charge is 0.231 e. The van der Waals surface area contributed by atoms with Crippen LogP contribution >= 0.6 is 0 Å². The molecule has 1 saturated heterocycles. The number of hydrogen-bond acceptors (Lipinski definition) is 3. The lowest BCUT2D eigenvalue weighted by Crippen LogP contribution is -2.30. The highest BCUT2D eigenvalue weighted by Crippen LogP contribution is 2.37. The van der Waals surface area contributed by atoms with Crippen LogP contribution in [0.3, 0.4) is 0 Å². The van der Waals surface area contributed by atoms with Crippen LogP contribution in [-0.4, -0.2) is 28.7 Å². The van der Waals surface area contributed by atoms with Crippen LogP contribution in [0.4, 0.5) is 5.82 Å². The Bertz CT molecular complexity index is 673. The van der Waals surface area contributed by atoms with E-state index in [0.717, 1.165) is 5.56 Å². The van der Waals surface area contributed by atoms with Gasteiger partial charge in [-0.05, 0) is 17.7 Å². The summed E-state index contributed by atoms with van der Waals surface area (Å²) in [5, 5.41) is 2.80. The SMILES string of the molecule is CN1C(=O)C[C@@H](C(=O)Nc2ccccn2)[C@@H]1c1ccccc1. The predicted molar refractivity (Wildman–Crippen MR) is 82.9 cm³/mol. The highest BCUT2D eigenvalue weighted by atomic mass is 16.2. The second-order valence-electron chi connectivity index (χ2n) is 5.38. The van der Waals surface area contributed by atoms with Crippen LogP contribution in [0.25, 0.3) is 0 Å². The van der Waals surface area contributed by atoms with Gasteiger partial charge in [0.25, 0.3) is 0 Å². The summed E-state index contributed by atoms with van der Waals surface area (Å²) in [6.07, 6.45) is 1.84. The lowest BCUT2D eigenvalue weighted by Gasteiger charge is -2.24. The molecule has 5 nitrogen and oxygen atoms in total. The Hall–Kier alpha value is -2.69. The fourth-order valence-corrected chi connectivity index (χ4v) is 2.87. The molecule has 112 valence electrons. The summed E-state index contributed by atoms with van der Waals surface area (Å²) in [5.41, 5.74) is 0.969. The maximum atomic E-state index is 12.6. The van der Waals surface area contributed by atoms with Crippen LogP contribution in [0.1, 0.15) is 18.0 Å². The number of benzene rings is 1. The van der Waals surface area contributed by atoms with Gasteiger partial charge in [0.2, 0.25) is 11.8 Å². The van der Waals surface area contributed by atoms with Crippen LogP contribution in [-0.2, 0) is 9.59 Å². The Morgan fingerprint density at radius 2 is 1.91 bits per heavy atom. The van der Waals surface area contributed by atoms with Crippen LogP contribution in [0.2, 0.25) is 0 Å². The molecule has 1 aromatic carbocycles. The van der Waals surface area contributed by atoms with E-state index in [4.69, 9.17) is 0 Å². The van der Waals surface area contributed by atoms with E-state index in [1.54, 1.807) is 30.3 Å². The van der Waals surface area contributed by atoms with E-state index in [-0.39, 0.29) is 24.3 Å². The van der Waals surface area contributed by atoms with E-state index in [0.29, 0.717) is 5.82 Å². The molecule has 5 heteroatoms. The molecule has 2 aromatic rings. The van der Waals surface area contributed by atoms with Crippen molar-refractivity contribution >= 4 is 17.6 Å². The molecule has 0 radical (unpaired) electrons. The predicted octanol–water partition coefficient (Wildman–Crippen LogP) is 2.24. The van der Waals surface area contributed by atoms with Crippen molar-refractivity contribution in [3.8, 4) is 0 Å². The normalized spacial score (nSPS) is 21.0. The zero-order valence-electron chi connectivity index (χ0n) is 12.3. The molecular weight excluding hydrogens is 278 g/mol. The van der Waals surface area contributed by atoms with Crippen LogP contribution in [0, 0.1) is 5.92 Å². The van der Waals surface area contributed by atoms with Gasteiger partial charge < -0.3 is 10.2 Å². The molecule has 0 unspecified atom stereocenters. The van der Waals surface area contributed by atoms with Crippen molar-refractivity contribution in [2.75, 3.05) is 12.4 Å². The first-order valence-corrected chi connectivity index (χ1v) is 7.19. The Morgan fingerprint density at radius 3 is 2.59 bits per heavy atom. The first kappa shape index (κ1) is 14.3. The fraction of sp³-hybridized carbons (Fsp3) is 0.235. The van der Waals surface area contributed by atoms with E-state index >= 15 is 0 Å². The Morgan fingerprint density at radius 1 is 1.18 bits per heavy atom. The number of likely N-dealkylation sites (tertiary alicyclic amines) is 1. The van der Waals surface area contributed by atoms with Crippen molar-refractivity contribution in [2.45, 2.75) is 12.5 Å². The van der Waals surface area contributed by atoms with Gasteiger partial charge in [-0.3, -0.25) is 9.59 Å². The standard InChI is InChI=1S/C17H17N3O2/c1-20-15(21)11-13(16(20)12-7-3-2-4-8-12)17(22)19-14-9-5-6-10-18-14/h2-10,13,16H,11H2,1H3,(H,18,19,22)/t13-,16+/m1/s1. The average molecular weight is 295 g/mol. The minimum atomic E-state index is -0.415. The van der Waals surface area contributed by atoms with Crippen LogP contribution in [0.15, 0.2) is 54.7 Å². The topological polar surface area (TPSA) is 62.3 Å². The first-order valence-electron chi connectivity index (χ1n) is 7.19. The van der Waals surface area contributed by atoms with Gasteiger partial charge in [-0.2, -0.15) is 0 Å². The summed E-state index contributed by atoms with van der Waals surface area (Å²) < 4.78 is 0. The van der Waals surface area contributed by atoms with E-state index in [2.05, 4.69) is 10.3 Å². The molecule has 1 N–H and O–H groups in total. The molecule has 0 saturated carbocycles. The molecule has 2 heterocycles. The highest BCUT2D eigenvalue weighted by molar-refractivity contribution is 5.97. The molecular formula is C17H17N3O2. The van der Waals surface area contributed by atoms with Gasteiger partial charge in [0, 0.05) is 19.7 Å². The van der Waals surface area contributed by atoms with Gasteiger partial charge >= 0.3 is 0 Å². The first-order chi connectivity index (χ1) is 10.7. The number of nitrogens with zero attached hydrogens (tertiary/aromatic N) is 2. The molecule has 1 fully saturated rings. The van der Waals surface area contributed by atoms with Crippen molar-refractivity contribution in [2.24, 2.45) is 5.92 Å². The molecule has 3 rings (SSSR count). The molecule has 2 atom stereocenters. The van der Waals surface area contributed by atoms with Crippen molar-refractivity contribution < 1.29 is 9.59 Å². The van der Waals surface area contributed by atoms with Gasteiger partial charge in [0.05, 0.1) is 12.0 Å². The second kappa shape index (κ2) is 5.97. The van der Waals surface area contributed by atoms with Crippen molar-refractivity contribution in [3.63, 3.8) is 0 Å². The Kier molecular flexibility index (Phi) is 3.87. The fourth-order valence-electron chi connectivity index (χ4n) is 2.87. The maximum Gasteiger partial charge on any atom is 0.231 e. The molecule has 0 spiro atoms. The van der Waals surface area contributed by atoms with Gasteiger partial charge in [0.1, 0.15) is 5.82 Å². The van der Waals surface area contributed by atoms with Gasteiger partial charge in [-0.15, -0.1) is 0 Å². The van der Waals surface area contributed by atoms with Crippen molar-refractivity contribution in [1.29, 1.82) is 0 Å². The Labute approximate surface area is 129 Å². The molecule has 0 bridgehead atoms. The third-order valence-corrected chi connectivity index (χ3v) is 3.98. The number of carbonyl (C=O) groups excluding carboxylic acids is 2. The van der Waals surface area contributed by atoms with Crippen molar-refractivity contribution in [3.05, 3.63) is 60.3 Å². The number of hydrogen-bond donors (Lipinski definition) is 1. The van der Waals surface area contributed by atoms with E-state index in [9.17, 15) is 9.59 Å². The molecule has 0 aliphatic carbocycles. The summed E-state index contributed by atoms with van der Waals surface area (Å²) >= 11 is 0. The number of rotatable bonds is 3. The number of anilines is 1. The van der Waals surface area contributed by atoms with E-state index in [1.807, 2.05) is 36.4 Å². The second-order valence-corrected chi connectivity index (χ2v) is 5.38. The van der Waals surface area contributed by atoms with E-state index < -0.39 is 5.92 Å². The zero-order valence-corrected chi connectivity index (χ0v) is 12.3. The minimum absolute atomic E-state index is 0.0185. The number of amides is 2. The lowest BCUT2D eigenvalue weighted by molar-refractivity contribution is -0.127. The largest absolute Gasteiger partial charge is 0.338 e. The summed E-state index contributed by atoms with van der Waals surface area (Å²) in [6, 6.07) is 14.7. The van der Waals surface area contributed by atoms with Gasteiger partial charge in [-0.1, -0.05) is 36.4 Å². The number of carbonyl (C=O) groups is 2. The number of nitrogens with one attached hydrogen (secondary N) is 1. The van der Waals surface area contributed by atoms with E-state index in [1.165, 1.54) is 0 Å². The van der Waals surface area contributed by atoms with Crippen LogP contribution < -0.4 is 5.32 Å². The maximum absolute atomic E-state index is 12.6. The molecule has 1 aromatic heterocycles. The van der Waals surface area contributed by atoms with Crippen LogP contribution in [0.5, 0.6) is 0 Å². The quantitative estimate of drug-likeness (QED) is 0.944. The number of aromatic nitrogens is 1. The molecule has 2 amide bonds. The third-order valence-electron chi connectivity index (χ3n) is 3.98. The lowest BCUT2D eigenvalue weighted by atomic mass is 9.93. The summed E-state index contributed by atoms with van der Waals surface area (Å²) in [4.78, 5) is 30.4. The third kappa shape index (κ3) is 2.70.